The quantitative estimate of drug-likeness (QED) is 0.664. The smallest absolute Gasteiger partial charge is 0.237 e. The Hall–Kier alpha value is -0.700. The van der Waals surface area contributed by atoms with Crippen LogP contribution < -0.4 is 0 Å². The van der Waals surface area contributed by atoms with Gasteiger partial charge in [0.2, 0.25) is 5.91 Å². The molecule has 1 amide bonds. The lowest BCUT2D eigenvalue weighted by atomic mass is 9.73. The van der Waals surface area contributed by atoms with Gasteiger partial charge in [0.15, 0.2) is 0 Å². The highest BCUT2D eigenvalue weighted by atomic mass is 32.2. The molecule has 0 fully saturated rings. The summed E-state index contributed by atoms with van der Waals surface area (Å²) in [5.74, 6) is 0.211. The Kier molecular flexibility index (Phi) is 2.97. The van der Waals surface area contributed by atoms with E-state index in [1.807, 2.05) is 11.1 Å². The molecule has 0 N–H and O–H groups in total. The average molecular weight is 265 g/mol. The zero-order valence-corrected chi connectivity index (χ0v) is 13.0. The largest absolute Gasteiger partial charge is 0.313 e. The predicted octanol–water partition coefficient (Wildman–Crippen LogP) is 3.80. The number of carbonyl (C=O) groups excluding carboxylic acids is 1. The maximum Gasteiger partial charge on any atom is 0.237 e. The third kappa shape index (κ3) is 1.93. The number of carbonyl (C=O) groups is 1. The van der Waals surface area contributed by atoms with Crippen LogP contribution >= 0.6 is 11.8 Å². The van der Waals surface area contributed by atoms with Gasteiger partial charge in [-0.25, -0.2) is 0 Å². The summed E-state index contributed by atoms with van der Waals surface area (Å²) < 4.78 is 0. The summed E-state index contributed by atoms with van der Waals surface area (Å²) in [4.78, 5) is 14.8. The van der Waals surface area contributed by atoms with Gasteiger partial charge in [0.05, 0.1) is 5.41 Å². The van der Waals surface area contributed by atoms with Crippen molar-refractivity contribution in [2.45, 2.75) is 52.3 Å². The first-order valence-electron chi connectivity index (χ1n) is 6.45. The van der Waals surface area contributed by atoms with Crippen LogP contribution in [-0.4, -0.2) is 21.6 Å². The lowest BCUT2D eigenvalue weighted by Gasteiger charge is -2.40. The molecule has 100 valence electrons. The van der Waals surface area contributed by atoms with Gasteiger partial charge in [-0.2, -0.15) is 0 Å². The van der Waals surface area contributed by atoms with E-state index in [1.165, 1.54) is 0 Å². The van der Waals surface area contributed by atoms with E-state index in [0.717, 1.165) is 0 Å². The molecule has 0 bridgehead atoms. The van der Waals surface area contributed by atoms with E-state index in [9.17, 15) is 4.79 Å². The molecule has 2 rings (SSSR count). The fourth-order valence-corrected chi connectivity index (χ4v) is 4.24. The second-order valence-electron chi connectivity index (χ2n) is 7.08. The molecule has 0 aromatic rings. The van der Waals surface area contributed by atoms with Gasteiger partial charge in [0, 0.05) is 17.0 Å². The van der Waals surface area contributed by atoms with Crippen LogP contribution in [0.2, 0.25) is 0 Å². The highest BCUT2D eigenvalue weighted by Gasteiger charge is 2.52. The molecule has 0 spiro atoms. The van der Waals surface area contributed by atoms with Gasteiger partial charge in [-0.15, -0.1) is 11.8 Å². The molecule has 0 unspecified atom stereocenters. The van der Waals surface area contributed by atoms with E-state index < -0.39 is 5.41 Å². The van der Waals surface area contributed by atoms with Gasteiger partial charge in [-0.05, 0) is 38.5 Å². The Labute approximate surface area is 115 Å². The molecule has 2 atom stereocenters. The van der Waals surface area contributed by atoms with Crippen LogP contribution in [0.15, 0.2) is 23.8 Å². The zero-order chi connectivity index (χ0) is 13.8. The van der Waals surface area contributed by atoms with Crippen molar-refractivity contribution in [3.63, 3.8) is 0 Å². The summed E-state index contributed by atoms with van der Waals surface area (Å²) in [6.07, 6.45) is 6.25. The number of rotatable bonds is 0. The third-order valence-corrected chi connectivity index (χ3v) is 5.57. The monoisotopic (exact) mass is 265 g/mol. The normalized spacial score (nSPS) is 34.7. The molecule has 0 aliphatic carbocycles. The van der Waals surface area contributed by atoms with Crippen LogP contribution in [0.3, 0.4) is 0 Å². The van der Waals surface area contributed by atoms with Crippen LogP contribution in [0.5, 0.6) is 0 Å². The third-order valence-electron chi connectivity index (χ3n) is 3.90. The molecule has 0 radical (unpaired) electrons. The van der Waals surface area contributed by atoms with Crippen molar-refractivity contribution in [3.8, 4) is 0 Å². The topological polar surface area (TPSA) is 20.3 Å². The average Bonchev–Trinajstić information content (AvgIpc) is 2.57. The SMILES string of the molecule is CC1(C)C=CN(C(C)(C)C)C(=O)[C@]2(C)C=CS[C@H]12. The van der Waals surface area contributed by atoms with E-state index >= 15 is 0 Å². The molecule has 18 heavy (non-hydrogen) atoms. The molecule has 0 aromatic heterocycles. The second-order valence-corrected chi connectivity index (χ2v) is 8.10. The predicted molar refractivity (Wildman–Crippen MR) is 78.1 cm³/mol. The molecular formula is C15H23NOS. The second kappa shape index (κ2) is 3.89. The fraction of sp³-hybridized carbons (Fsp3) is 0.667. The highest BCUT2D eigenvalue weighted by molar-refractivity contribution is 8.03. The van der Waals surface area contributed by atoms with Gasteiger partial charge >= 0.3 is 0 Å². The van der Waals surface area contributed by atoms with Crippen molar-refractivity contribution in [3.05, 3.63) is 23.8 Å². The molecule has 0 saturated carbocycles. The summed E-state index contributed by atoms with van der Waals surface area (Å²) in [6.45, 7) is 12.7. The van der Waals surface area contributed by atoms with Crippen LogP contribution in [0.4, 0.5) is 0 Å². The van der Waals surface area contributed by atoms with Crippen LogP contribution in [0.1, 0.15) is 41.5 Å². The van der Waals surface area contributed by atoms with E-state index in [2.05, 4.69) is 59.1 Å². The van der Waals surface area contributed by atoms with Crippen LogP contribution in [0, 0.1) is 10.8 Å². The molecule has 3 heteroatoms. The van der Waals surface area contributed by atoms with Crippen molar-refractivity contribution in [2.75, 3.05) is 0 Å². The van der Waals surface area contributed by atoms with E-state index in [0.29, 0.717) is 0 Å². The van der Waals surface area contributed by atoms with E-state index in [4.69, 9.17) is 0 Å². The van der Waals surface area contributed by atoms with Gasteiger partial charge in [-0.3, -0.25) is 4.79 Å². The highest BCUT2D eigenvalue weighted by Crippen LogP contribution is 2.52. The number of thioether (sulfide) groups is 1. The molecule has 2 aliphatic rings. The summed E-state index contributed by atoms with van der Waals surface area (Å²) in [6, 6.07) is 0. The minimum atomic E-state index is -0.398. The lowest BCUT2D eigenvalue weighted by molar-refractivity contribution is -0.139. The Morgan fingerprint density at radius 3 is 2.39 bits per heavy atom. The Bertz CT molecular complexity index is 430. The summed E-state index contributed by atoms with van der Waals surface area (Å²) in [7, 11) is 0. The van der Waals surface area contributed by atoms with Crippen molar-refractivity contribution in [1.29, 1.82) is 0 Å². The minimum absolute atomic E-state index is 0.0125. The number of amides is 1. The zero-order valence-electron chi connectivity index (χ0n) is 12.2. The molecule has 2 aliphatic heterocycles. The van der Waals surface area contributed by atoms with Crippen molar-refractivity contribution in [2.24, 2.45) is 10.8 Å². The molecule has 2 heterocycles. The van der Waals surface area contributed by atoms with Gasteiger partial charge < -0.3 is 4.90 Å². The molecule has 0 aromatic carbocycles. The standard InChI is InChI=1S/C15H23NOS/c1-13(2,3)16-9-7-14(4,5)11-15(6,12(16)17)8-10-18-11/h7-11H,1-6H3/t11-,15-/m1/s1. The van der Waals surface area contributed by atoms with Gasteiger partial charge in [0.25, 0.3) is 0 Å². The number of nitrogens with zero attached hydrogens (tertiary/aromatic N) is 1. The lowest BCUT2D eigenvalue weighted by Crippen LogP contribution is -2.50. The van der Waals surface area contributed by atoms with Gasteiger partial charge in [0.1, 0.15) is 0 Å². The molecule has 2 nitrogen and oxygen atoms in total. The first-order chi connectivity index (χ1) is 8.09. The Balaban J connectivity index is 2.52. The summed E-state index contributed by atoms with van der Waals surface area (Å²) in [5.41, 5.74) is -0.563. The first kappa shape index (κ1) is 13.7. The van der Waals surface area contributed by atoms with E-state index in [1.54, 1.807) is 11.8 Å². The maximum atomic E-state index is 12.9. The minimum Gasteiger partial charge on any atom is -0.313 e. The number of hydrogen-bond donors (Lipinski definition) is 0. The first-order valence-corrected chi connectivity index (χ1v) is 7.40. The van der Waals surface area contributed by atoms with Crippen LogP contribution in [0.25, 0.3) is 0 Å². The van der Waals surface area contributed by atoms with Crippen molar-refractivity contribution >= 4 is 17.7 Å². The van der Waals surface area contributed by atoms with Crippen molar-refractivity contribution < 1.29 is 4.79 Å². The number of fused-ring (bicyclic) bond motifs is 1. The van der Waals surface area contributed by atoms with E-state index in [-0.39, 0.29) is 22.1 Å². The summed E-state index contributed by atoms with van der Waals surface area (Å²) >= 11 is 1.78. The number of allylic oxidation sites excluding steroid dienone is 1. The van der Waals surface area contributed by atoms with Gasteiger partial charge in [-0.1, -0.05) is 26.0 Å². The molecular weight excluding hydrogens is 242 g/mol. The number of hydrogen-bond acceptors (Lipinski definition) is 2. The maximum absolute atomic E-state index is 12.9. The van der Waals surface area contributed by atoms with Crippen molar-refractivity contribution in [1.82, 2.24) is 4.90 Å². The Morgan fingerprint density at radius 1 is 1.22 bits per heavy atom. The summed E-state index contributed by atoms with van der Waals surface area (Å²) in [5, 5.41) is 2.37. The fourth-order valence-electron chi connectivity index (χ4n) is 2.83. The molecule has 0 saturated heterocycles. The van der Waals surface area contributed by atoms with Crippen LogP contribution in [-0.2, 0) is 4.79 Å². The Morgan fingerprint density at radius 2 is 1.83 bits per heavy atom.